The molecule has 0 aliphatic rings. The van der Waals surface area contributed by atoms with Crippen LogP contribution in [-0.4, -0.2) is 19.5 Å². The first-order valence-electron chi connectivity index (χ1n) is 19.8. The Labute approximate surface area is 336 Å². The average Bonchev–Trinajstić information content (AvgIpc) is 3.97. The third-order valence-electron chi connectivity index (χ3n) is 11.8. The maximum Gasteiger partial charge on any atom is 0.167 e. The molecule has 13 aromatic rings. The topological polar surface area (TPSA) is 69.9 Å². The largest absolute Gasteiger partial charge is 0.455 e. The van der Waals surface area contributed by atoms with Crippen LogP contribution in [0, 0.1) is 0 Å². The maximum atomic E-state index is 6.77. The zero-order chi connectivity index (χ0) is 38.6. The zero-order valence-corrected chi connectivity index (χ0v) is 31.4. The van der Waals surface area contributed by atoms with Gasteiger partial charge in [0, 0.05) is 43.6 Å². The molecular formula is C53H30N4O2. The molecule has 0 saturated heterocycles. The molecule has 0 radical (unpaired) electrons. The molecule has 0 aliphatic heterocycles. The van der Waals surface area contributed by atoms with E-state index >= 15 is 0 Å². The minimum absolute atomic E-state index is 0.503. The van der Waals surface area contributed by atoms with E-state index in [9.17, 15) is 0 Å². The first-order chi connectivity index (χ1) is 29.2. The Morgan fingerprint density at radius 2 is 0.915 bits per heavy atom. The van der Waals surface area contributed by atoms with E-state index in [1.165, 1.54) is 21.5 Å². The van der Waals surface area contributed by atoms with Crippen molar-refractivity contribution in [3.63, 3.8) is 0 Å². The Bertz CT molecular complexity index is 3870. The molecule has 9 aromatic carbocycles. The van der Waals surface area contributed by atoms with Crippen LogP contribution in [0.15, 0.2) is 191 Å². The Morgan fingerprint density at radius 1 is 0.339 bits per heavy atom. The zero-order valence-electron chi connectivity index (χ0n) is 31.4. The van der Waals surface area contributed by atoms with Crippen LogP contribution in [-0.2, 0) is 0 Å². The Balaban J connectivity index is 1.13. The van der Waals surface area contributed by atoms with Crippen molar-refractivity contribution in [2.45, 2.75) is 0 Å². The number of nitrogens with zero attached hydrogens (tertiary/aromatic N) is 4. The van der Waals surface area contributed by atoms with E-state index in [4.69, 9.17) is 23.8 Å². The fourth-order valence-corrected chi connectivity index (χ4v) is 9.04. The molecule has 6 nitrogen and oxygen atoms in total. The van der Waals surface area contributed by atoms with Crippen molar-refractivity contribution in [3.8, 4) is 39.9 Å². The molecule has 0 bridgehead atoms. The Morgan fingerprint density at radius 3 is 1.69 bits per heavy atom. The molecule has 0 aliphatic carbocycles. The second-order valence-electron chi connectivity index (χ2n) is 15.2. The summed E-state index contributed by atoms with van der Waals surface area (Å²) in [6.07, 6.45) is 0. The number of hydrogen-bond donors (Lipinski definition) is 0. The van der Waals surface area contributed by atoms with Crippen molar-refractivity contribution in [2.75, 3.05) is 0 Å². The van der Waals surface area contributed by atoms with Crippen LogP contribution in [0.2, 0.25) is 0 Å². The first kappa shape index (κ1) is 32.0. The lowest BCUT2D eigenvalue weighted by molar-refractivity contribution is 0.669. The standard InChI is InChI=1S/C53H30N4O2/c1-2-13-32-26-35(25-24-31(32)12-1)51-54-52(41-20-11-19-40-38-17-6-9-22-47(38)58-49(40)41)56-53(55-51)44-30-36(29-43-39-18-7-10-23-48(39)59-50(43)44)57-45-21-8-5-16-37(45)42-27-33-14-3-4-15-34(33)28-46(42)57/h1-30H. The van der Waals surface area contributed by atoms with E-state index in [2.05, 4.69) is 144 Å². The molecule has 4 heterocycles. The number of para-hydroxylation sites is 4. The van der Waals surface area contributed by atoms with Gasteiger partial charge in [-0.05, 0) is 76.1 Å². The van der Waals surface area contributed by atoms with Crippen molar-refractivity contribution in [1.82, 2.24) is 19.5 Å². The summed E-state index contributed by atoms with van der Waals surface area (Å²) >= 11 is 0. The highest BCUT2D eigenvalue weighted by molar-refractivity contribution is 6.15. The van der Waals surface area contributed by atoms with Crippen molar-refractivity contribution >= 4 is 87.2 Å². The summed E-state index contributed by atoms with van der Waals surface area (Å²) in [5, 5.41) is 11.1. The summed E-state index contributed by atoms with van der Waals surface area (Å²) in [4.78, 5) is 15.9. The van der Waals surface area contributed by atoms with Gasteiger partial charge in [-0.15, -0.1) is 0 Å². The van der Waals surface area contributed by atoms with E-state index < -0.39 is 0 Å². The number of furan rings is 2. The summed E-state index contributed by atoms with van der Waals surface area (Å²) < 4.78 is 15.7. The fourth-order valence-electron chi connectivity index (χ4n) is 9.04. The molecule has 4 aromatic heterocycles. The third-order valence-corrected chi connectivity index (χ3v) is 11.8. The lowest BCUT2D eigenvalue weighted by Crippen LogP contribution is -2.02. The highest BCUT2D eigenvalue weighted by Gasteiger charge is 2.23. The number of aromatic nitrogens is 4. The van der Waals surface area contributed by atoms with Crippen LogP contribution in [0.5, 0.6) is 0 Å². The second kappa shape index (κ2) is 12.2. The van der Waals surface area contributed by atoms with Gasteiger partial charge < -0.3 is 13.4 Å². The van der Waals surface area contributed by atoms with Crippen LogP contribution in [0.1, 0.15) is 0 Å². The van der Waals surface area contributed by atoms with Gasteiger partial charge >= 0.3 is 0 Å². The van der Waals surface area contributed by atoms with Crippen LogP contribution < -0.4 is 0 Å². The average molecular weight is 755 g/mol. The van der Waals surface area contributed by atoms with Gasteiger partial charge in [-0.3, -0.25) is 0 Å². The van der Waals surface area contributed by atoms with Crippen molar-refractivity contribution in [2.24, 2.45) is 0 Å². The molecule has 274 valence electrons. The number of hydrogen-bond acceptors (Lipinski definition) is 5. The van der Waals surface area contributed by atoms with Gasteiger partial charge in [0.25, 0.3) is 0 Å². The number of benzene rings is 9. The fraction of sp³-hybridized carbons (Fsp3) is 0. The first-order valence-corrected chi connectivity index (χ1v) is 19.8. The summed E-state index contributed by atoms with van der Waals surface area (Å²) in [6.45, 7) is 0. The highest BCUT2D eigenvalue weighted by Crippen LogP contribution is 2.42. The van der Waals surface area contributed by atoms with Gasteiger partial charge in [0.2, 0.25) is 0 Å². The molecule has 0 saturated carbocycles. The lowest BCUT2D eigenvalue weighted by Gasteiger charge is -2.13. The lowest BCUT2D eigenvalue weighted by atomic mass is 10.0. The van der Waals surface area contributed by atoms with Crippen LogP contribution >= 0.6 is 0 Å². The third kappa shape index (κ3) is 4.84. The Kier molecular flexibility index (Phi) is 6.63. The molecule has 0 amide bonds. The van der Waals surface area contributed by atoms with Gasteiger partial charge in [0.1, 0.15) is 22.3 Å². The molecule has 0 N–H and O–H groups in total. The molecule has 0 atom stereocenters. The van der Waals surface area contributed by atoms with Gasteiger partial charge in [-0.25, -0.2) is 15.0 Å². The molecule has 0 fully saturated rings. The molecule has 59 heavy (non-hydrogen) atoms. The minimum Gasteiger partial charge on any atom is -0.455 e. The van der Waals surface area contributed by atoms with Gasteiger partial charge in [0.05, 0.1) is 22.2 Å². The number of fused-ring (bicyclic) bond motifs is 11. The van der Waals surface area contributed by atoms with E-state index in [1.807, 2.05) is 42.5 Å². The number of rotatable bonds is 4. The van der Waals surface area contributed by atoms with Crippen molar-refractivity contribution < 1.29 is 8.83 Å². The van der Waals surface area contributed by atoms with E-state index in [-0.39, 0.29) is 0 Å². The van der Waals surface area contributed by atoms with Gasteiger partial charge in [0.15, 0.2) is 17.5 Å². The van der Waals surface area contributed by atoms with E-state index in [0.29, 0.717) is 23.1 Å². The monoisotopic (exact) mass is 754 g/mol. The molecule has 0 unspecified atom stereocenters. The predicted molar refractivity (Wildman–Crippen MR) is 240 cm³/mol. The smallest absolute Gasteiger partial charge is 0.167 e. The van der Waals surface area contributed by atoms with Gasteiger partial charge in [-0.1, -0.05) is 127 Å². The predicted octanol–water partition coefficient (Wildman–Crippen LogP) is 14.1. The Hall–Kier alpha value is -8.09. The summed E-state index contributed by atoms with van der Waals surface area (Å²) in [5.41, 5.74) is 8.71. The van der Waals surface area contributed by atoms with E-state index in [0.717, 1.165) is 82.5 Å². The maximum absolute atomic E-state index is 6.77. The SMILES string of the molecule is c1ccc2cc(-c3nc(-c4cccc5c4oc4ccccc45)nc(-c4cc(-n5c6ccccc6c6cc7ccccc7cc65)cc5c4oc4ccccc45)n3)ccc2c1. The molecule has 13 rings (SSSR count). The van der Waals surface area contributed by atoms with Crippen LogP contribution in [0.3, 0.4) is 0 Å². The molecule has 0 spiro atoms. The quantitative estimate of drug-likeness (QED) is 0.179. The molecule has 6 heteroatoms. The van der Waals surface area contributed by atoms with E-state index in [1.54, 1.807) is 0 Å². The minimum atomic E-state index is 0.503. The second-order valence-corrected chi connectivity index (χ2v) is 15.2. The normalized spacial score (nSPS) is 12.1. The van der Waals surface area contributed by atoms with Crippen molar-refractivity contribution in [1.29, 1.82) is 0 Å². The van der Waals surface area contributed by atoms with Crippen molar-refractivity contribution in [3.05, 3.63) is 182 Å². The van der Waals surface area contributed by atoms with Crippen LogP contribution in [0.25, 0.3) is 127 Å². The summed E-state index contributed by atoms with van der Waals surface area (Å²) in [5.74, 6) is 1.58. The highest BCUT2D eigenvalue weighted by atomic mass is 16.3. The van der Waals surface area contributed by atoms with Crippen LogP contribution in [0.4, 0.5) is 0 Å². The molecular weight excluding hydrogens is 725 g/mol. The van der Waals surface area contributed by atoms with Gasteiger partial charge in [-0.2, -0.15) is 0 Å². The summed E-state index contributed by atoms with van der Waals surface area (Å²) in [7, 11) is 0. The summed E-state index contributed by atoms with van der Waals surface area (Å²) in [6, 6.07) is 63.4.